The van der Waals surface area contributed by atoms with Gasteiger partial charge in [-0.1, -0.05) is 26.8 Å². The van der Waals surface area contributed by atoms with Crippen LogP contribution < -0.4 is 0 Å². The summed E-state index contributed by atoms with van der Waals surface area (Å²) in [4.78, 5) is 3.85. The lowest BCUT2D eigenvalue weighted by molar-refractivity contribution is 0.583. The maximum atomic E-state index is 10.5. The Kier molecular flexibility index (Phi) is 2.71. The molecule has 1 rings (SSSR count). The molecule has 72 valence electrons. The van der Waals surface area contributed by atoms with E-state index in [-0.39, 0.29) is 10.4 Å². The summed E-state index contributed by atoms with van der Waals surface area (Å²) in [5, 5.41) is 0.128. The molecule has 0 atom stereocenters. The summed E-state index contributed by atoms with van der Waals surface area (Å²) in [5.41, 5.74) is 1.05. The Morgan fingerprint density at radius 2 is 1.85 bits per heavy atom. The number of nitrogens with zero attached hydrogens (tertiary/aromatic N) is 1. The molecule has 0 saturated carbocycles. The van der Waals surface area contributed by atoms with E-state index in [1.54, 1.807) is 12.3 Å². The molecule has 4 heteroatoms. The standard InChI is InChI=1S/C9H13NO2S/c1-9(2,3)7-4-5-8(10-6-7)13(11)12/h4-6,13H,1-3H3. The fourth-order valence-corrected chi connectivity index (χ4v) is 1.29. The van der Waals surface area contributed by atoms with Gasteiger partial charge in [-0.15, -0.1) is 0 Å². The van der Waals surface area contributed by atoms with Crippen molar-refractivity contribution in [3.05, 3.63) is 23.9 Å². The summed E-state index contributed by atoms with van der Waals surface area (Å²) in [6, 6.07) is 3.33. The molecule has 1 heterocycles. The van der Waals surface area contributed by atoms with Gasteiger partial charge in [0.2, 0.25) is 0 Å². The highest BCUT2D eigenvalue weighted by atomic mass is 32.2. The van der Waals surface area contributed by atoms with Crippen molar-refractivity contribution in [2.24, 2.45) is 0 Å². The van der Waals surface area contributed by atoms with E-state index >= 15 is 0 Å². The molecule has 0 aromatic carbocycles. The predicted molar refractivity (Wildman–Crippen MR) is 51.5 cm³/mol. The van der Waals surface area contributed by atoms with Crippen LogP contribution >= 0.6 is 0 Å². The summed E-state index contributed by atoms with van der Waals surface area (Å²) < 4.78 is 21.1. The van der Waals surface area contributed by atoms with Crippen molar-refractivity contribution < 1.29 is 8.42 Å². The van der Waals surface area contributed by atoms with Crippen LogP contribution in [-0.4, -0.2) is 13.4 Å². The average molecular weight is 199 g/mol. The van der Waals surface area contributed by atoms with Gasteiger partial charge < -0.3 is 0 Å². The molecule has 13 heavy (non-hydrogen) atoms. The van der Waals surface area contributed by atoms with Crippen molar-refractivity contribution >= 4 is 10.7 Å². The molecule has 3 nitrogen and oxygen atoms in total. The van der Waals surface area contributed by atoms with Crippen LogP contribution in [0.25, 0.3) is 0 Å². The second kappa shape index (κ2) is 3.46. The Morgan fingerprint density at radius 3 is 2.15 bits per heavy atom. The summed E-state index contributed by atoms with van der Waals surface area (Å²) in [7, 11) is -2.55. The minimum Gasteiger partial charge on any atom is -0.245 e. The predicted octanol–water partition coefficient (Wildman–Crippen LogP) is 1.35. The van der Waals surface area contributed by atoms with Gasteiger partial charge in [0.1, 0.15) is 0 Å². The smallest absolute Gasteiger partial charge is 0.185 e. The third-order valence-electron chi connectivity index (χ3n) is 1.80. The first-order valence-corrected chi connectivity index (χ1v) is 5.20. The molecule has 0 aliphatic carbocycles. The molecule has 0 unspecified atom stereocenters. The van der Waals surface area contributed by atoms with E-state index in [2.05, 4.69) is 25.8 Å². The molecular formula is C9H13NO2S. The largest absolute Gasteiger partial charge is 0.245 e. The second-order valence-electron chi connectivity index (χ2n) is 3.91. The van der Waals surface area contributed by atoms with Crippen molar-refractivity contribution in [2.75, 3.05) is 0 Å². The average Bonchev–Trinajstić information content (AvgIpc) is 2.03. The number of aromatic nitrogens is 1. The number of hydrogen-bond acceptors (Lipinski definition) is 3. The quantitative estimate of drug-likeness (QED) is 0.694. The fraction of sp³-hybridized carbons (Fsp3) is 0.444. The highest BCUT2D eigenvalue weighted by molar-refractivity contribution is 7.72. The van der Waals surface area contributed by atoms with Crippen LogP contribution in [0.5, 0.6) is 0 Å². The summed E-state index contributed by atoms with van der Waals surface area (Å²) >= 11 is 0. The lowest BCUT2D eigenvalue weighted by Crippen LogP contribution is -2.11. The van der Waals surface area contributed by atoms with Crippen LogP contribution in [0.1, 0.15) is 26.3 Å². The zero-order chi connectivity index (χ0) is 10.1. The van der Waals surface area contributed by atoms with Gasteiger partial charge in [0, 0.05) is 6.20 Å². The maximum Gasteiger partial charge on any atom is 0.185 e. The Labute approximate surface area is 79.8 Å². The zero-order valence-corrected chi connectivity index (χ0v) is 8.84. The molecule has 0 amide bonds. The van der Waals surface area contributed by atoms with Crippen molar-refractivity contribution in [1.29, 1.82) is 0 Å². The monoisotopic (exact) mass is 199 g/mol. The molecule has 1 aromatic heterocycles. The number of hydrogen-bond donors (Lipinski definition) is 1. The summed E-state index contributed by atoms with van der Waals surface area (Å²) in [5.74, 6) is 0. The molecule has 0 radical (unpaired) electrons. The molecule has 0 N–H and O–H groups in total. The molecule has 0 aliphatic rings. The summed E-state index contributed by atoms with van der Waals surface area (Å²) in [6.45, 7) is 6.17. The topological polar surface area (TPSA) is 47.0 Å². The molecule has 0 bridgehead atoms. The van der Waals surface area contributed by atoms with Crippen LogP contribution in [0, 0.1) is 0 Å². The van der Waals surface area contributed by atoms with E-state index < -0.39 is 10.7 Å². The SMILES string of the molecule is CC(C)(C)c1ccc([SH](=O)=O)nc1. The fourth-order valence-electron chi connectivity index (χ4n) is 0.938. The number of pyridine rings is 1. The van der Waals surface area contributed by atoms with Crippen molar-refractivity contribution in [3.8, 4) is 0 Å². The minimum atomic E-state index is -2.55. The normalized spacial score (nSPS) is 12.0. The molecule has 1 aromatic rings. The van der Waals surface area contributed by atoms with Crippen LogP contribution in [0.2, 0.25) is 0 Å². The van der Waals surface area contributed by atoms with Gasteiger partial charge in [-0.3, -0.25) is 0 Å². The highest BCUT2D eigenvalue weighted by Gasteiger charge is 2.13. The van der Waals surface area contributed by atoms with Crippen molar-refractivity contribution in [1.82, 2.24) is 4.98 Å². The Hall–Kier alpha value is -0.900. The van der Waals surface area contributed by atoms with E-state index in [1.165, 1.54) is 6.07 Å². The van der Waals surface area contributed by atoms with Gasteiger partial charge in [-0.2, -0.15) is 0 Å². The van der Waals surface area contributed by atoms with Gasteiger partial charge in [-0.25, -0.2) is 13.4 Å². The van der Waals surface area contributed by atoms with Gasteiger partial charge in [-0.05, 0) is 17.0 Å². The van der Waals surface area contributed by atoms with E-state index in [4.69, 9.17) is 0 Å². The van der Waals surface area contributed by atoms with Crippen LogP contribution in [0.15, 0.2) is 23.4 Å². The van der Waals surface area contributed by atoms with Crippen LogP contribution in [0.4, 0.5) is 0 Å². The first-order chi connectivity index (χ1) is 5.91. The molecule has 0 fully saturated rings. The second-order valence-corrected chi connectivity index (χ2v) is 4.88. The third kappa shape index (κ3) is 2.52. The molecule has 0 aliphatic heterocycles. The van der Waals surface area contributed by atoms with Gasteiger partial charge in [0.15, 0.2) is 15.7 Å². The van der Waals surface area contributed by atoms with E-state index in [1.807, 2.05) is 0 Å². The maximum absolute atomic E-state index is 10.5. The third-order valence-corrected chi connectivity index (χ3v) is 2.44. The molecular weight excluding hydrogens is 186 g/mol. The zero-order valence-electron chi connectivity index (χ0n) is 7.94. The van der Waals surface area contributed by atoms with E-state index in [0.29, 0.717) is 0 Å². The first-order valence-electron chi connectivity index (χ1n) is 4.02. The van der Waals surface area contributed by atoms with Gasteiger partial charge in [0.25, 0.3) is 0 Å². The Balaban J connectivity index is 3.08. The minimum absolute atomic E-state index is 0.0139. The van der Waals surface area contributed by atoms with Crippen LogP contribution in [-0.2, 0) is 16.1 Å². The first kappa shape index (κ1) is 10.2. The Morgan fingerprint density at radius 1 is 1.23 bits per heavy atom. The lowest BCUT2D eigenvalue weighted by atomic mass is 9.88. The van der Waals surface area contributed by atoms with Crippen LogP contribution in [0.3, 0.4) is 0 Å². The van der Waals surface area contributed by atoms with E-state index in [0.717, 1.165) is 5.56 Å². The summed E-state index contributed by atoms with van der Waals surface area (Å²) in [6.07, 6.45) is 1.61. The lowest BCUT2D eigenvalue weighted by Gasteiger charge is -2.17. The number of thiol groups is 1. The van der Waals surface area contributed by atoms with Gasteiger partial charge >= 0.3 is 0 Å². The molecule has 0 saturated heterocycles. The molecule has 0 spiro atoms. The van der Waals surface area contributed by atoms with Crippen molar-refractivity contribution in [3.63, 3.8) is 0 Å². The number of rotatable bonds is 1. The Bertz CT molecular complexity index is 352. The highest BCUT2D eigenvalue weighted by Crippen LogP contribution is 2.20. The van der Waals surface area contributed by atoms with E-state index in [9.17, 15) is 8.42 Å². The van der Waals surface area contributed by atoms with Crippen molar-refractivity contribution in [2.45, 2.75) is 31.2 Å². The van der Waals surface area contributed by atoms with Gasteiger partial charge in [0.05, 0.1) is 0 Å².